The Morgan fingerprint density at radius 2 is 0.900 bits per heavy atom. The summed E-state index contributed by atoms with van der Waals surface area (Å²) in [5.74, 6) is 0. The molecular formula is C43H76N8O19. The number of nitrogens with zero attached hydrogens (tertiary/aromatic N) is 3. The summed E-state index contributed by atoms with van der Waals surface area (Å²) in [6, 6.07) is -6.15. The Kier molecular flexibility index (Phi) is 20.2. The topological polar surface area (TPSA) is 378 Å². The molecule has 15 atom stereocenters. The lowest BCUT2D eigenvalue weighted by molar-refractivity contribution is -0.319. The Bertz CT molecular complexity index is 1840. The average Bonchev–Trinajstić information content (AvgIpc) is 3.15. The summed E-state index contributed by atoms with van der Waals surface area (Å²) in [5, 5.41) is 74.4. The van der Waals surface area contributed by atoms with Gasteiger partial charge in [-0.25, -0.2) is 24.0 Å². The van der Waals surface area contributed by atoms with Crippen LogP contribution in [0, 0.1) is 0 Å². The zero-order chi connectivity index (χ0) is 53.5. The molecule has 0 radical (unpaired) electrons. The van der Waals surface area contributed by atoms with Crippen molar-refractivity contribution in [3.05, 3.63) is 10.4 Å². The van der Waals surface area contributed by atoms with Crippen LogP contribution in [0.25, 0.3) is 10.4 Å². The molecule has 27 nitrogen and oxygen atoms in total. The first-order valence-corrected chi connectivity index (χ1v) is 22.8. The molecule has 2 saturated heterocycles. The Hall–Kier alpha value is -4.70. The van der Waals surface area contributed by atoms with Crippen molar-refractivity contribution in [2.24, 2.45) is 5.11 Å². The second-order valence-electron chi connectivity index (χ2n) is 22.1. The fourth-order valence-corrected chi connectivity index (χ4v) is 7.31. The van der Waals surface area contributed by atoms with Gasteiger partial charge in [0.25, 0.3) is 0 Å². The summed E-state index contributed by atoms with van der Waals surface area (Å²) >= 11 is 0. The molecule has 15 unspecified atom stereocenters. The number of hydrogen-bond donors (Lipinski definition) is 10. The van der Waals surface area contributed by atoms with Gasteiger partial charge in [-0.3, -0.25) is 0 Å². The molecule has 0 spiro atoms. The highest BCUT2D eigenvalue weighted by Crippen LogP contribution is 2.34. The first-order valence-electron chi connectivity index (χ1n) is 22.8. The van der Waals surface area contributed by atoms with E-state index in [0.717, 1.165) is 0 Å². The largest absolute Gasteiger partial charge is 0.444 e. The standard InChI is InChI=1S/C43H76N8O19/c1-39(2,3)66-34(57)45-17-21-26(53)27(54)24(50-38(61)70-43(13,14)15)32(62-21)64-30-19(47-35(58)67-40(4,5)6)16-20(48-36(59)68-41(7,8)9)31(29(30)56)65-33-28(55)23(49-37(60)69-42(10,11)12)25(52)22(63-33)18-46-51-44/h19-33,52-56H,16-18H2,1-15H3,(H,45,57)(H,47,58)(H,48,59)(H,49,60)(H,50,61). The maximum absolute atomic E-state index is 13.5. The molecule has 27 heteroatoms. The molecule has 1 aliphatic carbocycles. The summed E-state index contributed by atoms with van der Waals surface area (Å²) in [7, 11) is 0. The van der Waals surface area contributed by atoms with Crippen molar-refractivity contribution in [2.75, 3.05) is 13.1 Å². The molecule has 10 N–H and O–H groups in total. The lowest BCUT2D eigenvalue weighted by Crippen LogP contribution is -2.71. The fourth-order valence-electron chi connectivity index (χ4n) is 7.31. The van der Waals surface area contributed by atoms with Gasteiger partial charge in [0.2, 0.25) is 0 Å². The normalized spacial score (nSPS) is 31.9. The van der Waals surface area contributed by atoms with E-state index in [9.17, 15) is 49.5 Å². The summed E-state index contributed by atoms with van der Waals surface area (Å²) in [6.07, 6.45) is -25.4. The monoisotopic (exact) mass is 1010 g/mol. The molecule has 70 heavy (non-hydrogen) atoms. The van der Waals surface area contributed by atoms with Crippen LogP contribution in [0.5, 0.6) is 0 Å². The number of hydrogen-bond acceptors (Lipinski definition) is 20. The van der Waals surface area contributed by atoms with Crippen LogP contribution in [0.15, 0.2) is 5.11 Å². The molecule has 0 bridgehead atoms. The summed E-state index contributed by atoms with van der Waals surface area (Å²) in [5.41, 5.74) is 3.99. The molecule has 0 aromatic carbocycles. The van der Waals surface area contributed by atoms with Gasteiger partial charge >= 0.3 is 30.5 Å². The van der Waals surface area contributed by atoms with Crippen molar-refractivity contribution in [3.63, 3.8) is 0 Å². The van der Waals surface area contributed by atoms with Gasteiger partial charge in [-0.15, -0.1) is 0 Å². The highest BCUT2D eigenvalue weighted by atomic mass is 16.7. The van der Waals surface area contributed by atoms with E-state index in [1.165, 1.54) is 0 Å². The third-order valence-corrected chi connectivity index (χ3v) is 9.90. The number of amides is 5. The summed E-state index contributed by atoms with van der Waals surface area (Å²) in [6.45, 7) is 22.7. The summed E-state index contributed by atoms with van der Waals surface area (Å²) < 4.78 is 51.9. The minimum absolute atomic E-state index is 0.413. The molecule has 3 rings (SSSR count). The van der Waals surface area contributed by atoms with Crippen LogP contribution < -0.4 is 26.6 Å². The molecule has 5 amide bonds. The smallest absolute Gasteiger partial charge is 0.408 e. The van der Waals surface area contributed by atoms with Crippen molar-refractivity contribution >= 4 is 30.5 Å². The third-order valence-electron chi connectivity index (χ3n) is 9.90. The molecule has 3 aliphatic rings. The highest BCUT2D eigenvalue weighted by Gasteiger charge is 2.55. The Morgan fingerprint density at radius 3 is 1.33 bits per heavy atom. The number of alkyl carbamates (subject to hydrolysis) is 5. The van der Waals surface area contributed by atoms with Gasteiger partial charge in [0, 0.05) is 11.5 Å². The molecule has 0 aromatic heterocycles. The molecule has 0 aromatic rings. The van der Waals surface area contributed by atoms with Gasteiger partial charge in [-0.05, 0) is 116 Å². The first-order chi connectivity index (χ1) is 31.9. The van der Waals surface area contributed by atoms with Crippen molar-refractivity contribution in [2.45, 2.75) is 230 Å². The number of aliphatic hydroxyl groups is 5. The lowest BCUT2D eigenvalue weighted by atomic mass is 9.83. The molecule has 2 heterocycles. The predicted octanol–water partition coefficient (Wildman–Crippen LogP) is 1.82. The van der Waals surface area contributed by atoms with Crippen molar-refractivity contribution in [1.82, 2.24) is 26.6 Å². The van der Waals surface area contributed by atoms with Gasteiger partial charge in [-0.2, -0.15) is 0 Å². The van der Waals surface area contributed by atoms with Gasteiger partial charge in [-0.1, -0.05) is 5.11 Å². The van der Waals surface area contributed by atoms with E-state index in [1.54, 1.807) is 104 Å². The molecular weight excluding hydrogens is 933 g/mol. The van der Waals surface area contributed by atoms with Gasteiger partial charge in [0.15, 0.2) is 12.6 Å². The van der Waals surface area contributed by atoms with Crippen LogP contribution in [0.2, 0.25) is 0 Å². The zero-order valence-corrected chi connectivity index (χ0v) is 42.6. The predicted molar refractivity (Wildman–Crippen MR) is 243 cm³/mol. The first kappa shape index (κ1) is 59.6. The van der Waals surface area contributed by atoms with E-state index < -0.39 is 170 Å². The van der Waals surface area contributed by atoms with Gasteiger partial charge < -0.3 is 94.7 Å². The number of carbonyl (C=O) groups excluding carboxylic acids is 5. The van der Waals surface area contributed by atoms with E-state index in [1.807, 2.05) is 0 Å². The average molecular weight is 1010 g/mol. The van der Waals surface area contributed by atoms with Crippen LogP contribution in [0.4, 0.5) is 24.0 Å². The molecule has 402 valence electrons. The Labute approximate surface area is 407 Å². The lowest BCUT2D eigenvalue weighted by Gasteiger charge is -2.50. The van der Waals surface area contributed by atoms with Crippen LogP contribution >= 0.6 is 0 Å². The highest BCUT2D eigenvalue weighted by molar-refractivity contribution is 5.70. The van der Waals surface area contributed by atoms with Crippen LogP contribution in [0.3, 0.4) is 0 Å². The molecule has 3 fully saturated rings. The quantitative estimate of drug-likeness (QED) is 0.0577. The van der Waals surface area contributed by atoms with E-state index in [2.05, 4.69) is 36.6 Å². The SMILES string of the molecule is CC(C)(C)OC(=O)NCC1OC(OC2C(NC(=O)OC(C)(C)C)CC(NC(=O)OC(C)(C)C)C(OC3OC(CN=[N+]=[N-])C(O)C(NC(=O)OC(C)(C)C)C3O)C2O)C(NC(=O)OC(C)(C)C)C(O)C1O. The number of rotatable bonds is 12. The molecule has 2 aliphatic heterocycles. The number of azide groups is 1. The number of carbonyl (C=O) groups is 5. The minimum Gasteiger partial charge on any atom is -0.444 e. The van der Waals surface area contributed by atoms with Crippen LogP contribution in [-0.2, 0) is 42.6 Å². The van der Waals surface area contributed by atoms with E-state index in [-0.39, 0.29) is 0 Å². The second-order valence-corrected chi connectivity index (χ2v) is 22.1. The number of aliphatic hydroxyl groups excluding tert-OH is 5. The molecule has 1 saturated carbocycles. The number of ether oxygens (including phenoxy) is 9. The van der Waals surface area contributed by atoms with Crippen LogP contribution in [0.1, 0.15) is 110 Å². The fraction of sp³-hybridized carbons (Fsp3) is 0.884. The zero-order valence-electron chi connectivity index (χ0n) is 42.6. The maximum Gasteiger partial charge on any atom is 0.408 e. The second kappa shape index (κ2) is 23.7. The van der Waals surface area contributed by atoms with E-state index in [4.69, 9.17) is 48.2 Å². The minimum atomic E-state index is -2.07. The van der Waals surface area contributed by atoms with E-state index >= 15 is 0 Å². The van der Waals surface area contributed by atoms with Gasteiger partial charge in [0.1, 0.15) is 82.9 Å². The Balaban J connectivity index is 2.20. The van der Waals surface area contributed by atoms with Crippen molar-refractivity contribution in [1.29, 1.82) is 0 Å². The van der Waals surface area contributed by atoms with Crippen molar-refractivity contribution in [3.8, 4) is 0 Å². The summed E-state index contributed by atoms with van der Waals surface area (Å²) in [4.78, 5) is 68.6. The maximum atomic E-state index is 13.5. The van der Waals surface area contributed by atoms with Crippen LogP contribution in [-0.4, -0.2) is 189 Å². The van der Waals surface area contributed by atoms with Gasteiger partial charge in [0.05, 0.1) is 30.8 Å². The van der Waals surface area contributed by atoms with E-state index in [0.29, 0.717) is 0 Å². The Morgan fingerprint density at radius 1 is 0.514 bits per heavy atom. The third kappa shape index (κ3) is 19.1. The van der Waals surface area contributed by atoms with Crippen molar-refractivity contribution < 1.29 is 92.1 Å². The number of nitrogens with one attached hydrogen (secondary N) is 5.